The van der Waals surface area contributed by atoms with E-state index in [1.54, 1.807) is 0 Å². The summed E-state index contributed by atoms with van der Waals surface area (Å²) in [5.74, 6) is -0.570. The van der Waals surface area contributed by atoms with E-state index in [2.05, 4.69) is 17.3 Å². The van der Waals surface area contributed by atoms with Crippen molar-refractivity contribution in [3.05, 3.63) is 59.9 Å². The van der Waals surface area contributed by atoms with E-state index in [0.29, 0.717) is 5.56 Å². The summed E-state index contributed by atoms with van der Waals surface area (Å²) < 4.78 is 13.0. The number of piperazine rings is 1. The van der Waals surface area contributed by atoms with E-state index in [1.807, 2.05) is 24.3 Å². The van der Waals surface area contributed by atoms with E-state index in [9.17, 15) is 9.18 Å². The average Bonchev–Trinajstić information content (AvgIpc) is 2.57. The van der Waals surface area contributed by atoms with Crippen molar-refractivity contribution in [3.8, 4) is 0 Å². The summed E-state index contributed by atoms with van der Waals surface area (Å²) in [6, 6.07) is 13.4. The number of para-hydroxylation sites is 2. The topological polar surface area (TPSA) is 36.8 Å². The van der Waals surface area contributed by atoms with Crippen LogP contribution in [0.1, 0.15) is 10.4 Å². The Morgan fingerprint density at radius 2 is 1.74 bits per heavy atom. The van der Waals surface area contributed by atoms with E-state index in [0.717, 1.165) is 37.6 Å². The first kappa shape index (κ1) is 15.5. The second kappa shape index (κ2) is 6.79. The first-order valence-electron chi connectivity index (χ1n) is 7.85. The van der Waals surface area contributed by atoms with Gasteiger partial charge in [-0.3, -0.25) is 4.79 Å². The summed E-state index contributed by atoms with van der Waals surface area (Å²) in [7, 11) is 2.19. The SMILES string of the molecule is C[NH+]1CCN(c2ccccc2NC(=O)c2ccc(F)cc2)CC1. The van der Waals surface area contributed by atoms with E-state index in [1.165, 1.54) is 29.2 Å². The lowest BCUT2D eigenvalue weighted by atomic mass is 10.1. The predicted molar refractivity (Wildman–Crippen MR) is 89.6 cm³/mol. The van der Waals surface area contributed by atoms with Crippen LogP contribution in [-0.2, 0) is 0 Å². The second-order valence-electron chi connectivity index (χ2n) is 5.92. The predicted octanol–water partition coefficient (Wildman–Crippen LogP) is 1.41. The molecule has 3 rings (SSSR count). The van der Waals surface area contributed by atoms with Gasteiger partial charge in [-0.25, -0.2) is 4.39 Å². The fourth-order valence-electron chi connectivity index (χ4n) is 2.78. The van der Waals surface area contributed by atoms with E-state index in [4.69, 9.17) is 0 Å². The number of anilines is 2. The first-order chi connectivity index (χ1) is 11.1. The number of benzene rings is 2. The molecule has 1 aliphatic rings. The average molecular weight is 314 g/mol. The maximum atomic E-state index is 13.0. The number of nitrogens with zero attached hydrogens (tertiary/aromatic N) is 1. The Kier molecular flexibility index (Phi) is 4.57. The van der Waals surface area contributed by atoms with Crippen LogP contribution in [0.5, 0.6) is 0 Å². The number of quaternary nitrogens is 1. The standard InChI is InChI=1S/C18H20FN3O/c1-21-10-12-22(13-11-21)17-5-3-2-4-16(17)20-18(23)14-6-8-15(19)9-7-14/h2-9H,10-13H2,1H3,(H,20,23)/p+1. The molecule has 0 aromatic heterocycles. The molecule has 1 amide bonds. The number of likely N-dealkylation sites (N-methyl/N-ethyl adjacent to an activating group) is 1. The number of carbonyl (C=O) groups excluding carboxylic acids is 1. The lowest BCUT2D eigenvalue weighted by Gasteiger charge is -2.33. The summed E-state index contributed by atoms with van der Waals surface area (Å²) in [4.78, 5) is 16.2. The molecule has 1 aliphatic heterocycles. The normalized spacial score (nSPS) is 15.5. The lowest BCUT2D eigenvalue weighted by molar-refractivity contribution is -0.880. The highest BCUT2D eigenvalue weighted by molar-refractivity contribution is 6.05. The maximum Gasteiger partial charge on any atom is 0.255 e. The molecule has 1 fully saturated rings. The van der Waals surface area contributed by atoms with Crippen LogP contribution in [0.4, 0.5) is 15.8 Å². The van der Waals surface area contributed by atoms with Gasteiger partial charge in [0, 0.05) is 5.56 Å². The van der Waals surface area contributed by atoms with Gasteiger partial charge in [0.25, 0.3) is 5.91 Å². The molecule has 0 bridgehead atoms. The van der Waals surface area contributed by atoms with Crippen molar-refractivity contribution in [1.29, 1.82) is 0 Å². The van der Waals surface area contributed by atoms with Gasteiger partial charge in [0.05, 0.1) is 44.6 Å². The number of halogens is 1. The summed E-state index contributed by atoms with van der Waals surface area (Å²) >= 11 is 0. The van der Waals surface area contributed by atoms with Gasteiger partial charge < -0.3 is 15.1 Å². The molecule has 4 nitrogen and oxygen atoms in total. The molecular formula is C18H21FN3O+. The van der Waals surface area contributed by atoms with Gasteiger partial charge in [0.1, 0.15) is 5.82 Å². The molecule has 23 heavy (non-hydrogen) atoms. The van der Waals surface area contributed by atoms with E-state index >= 15 is 0 Å². The zero-order valence-corrected chi connectivity index (χ0v) is 13.2. The van der Waals surface area contributed by atoms with Crippen molar-refractivity contribution in [2.24, 2.45) is 0 Å². The molecule has 2 aromatic rings. The molecule has 5 heteroatoms. The number of amides is 1. The van der Waals surface area contributed by atoms with Gasteiger partial charge in [-0.2, -0.15) is 0 Å². The summed E-state index contributed by atoms with van der Waals surface area (Å²) in [6.45, 7) is 4.10. The molecule has 0 spiro atoms. The Morgan fingerprint density at radius 3 is 2.43 bits per heavy atom. The monoisotopic (exact) mass is 314 g/mol. The Morgan fingerprint density at radius 1 is 1.09 bits per heavy atom. The van der Waals surface area contributed by atoms with E-state index < -0.39 is 0 Å². The highest BCUT2D eigenvalue weighted by Crippen LogP contribution is 2.26. The van der Waals surface area contributed by atoms with Crippen LogP contribution in [0.2, 0.25) is 0 Å². The quantitative estimate of drug-likeness (QED) is 0.899. The van der Waals surface area contributed by atoms with Crippen LogP contribution < -0.4 is 15.1 Å². The van der Waals surface area contributed by atoms with Crippen LogP contribution in [0.15, 0.2) is 48.5 Å². The Bertz CT molecular complexity index is 679. The highest BCUT2D eigenvalue weighted by Gasteiger charge is 2.19. The molecule has 1 saturated heterocycles. The number of carbonyl (C=O) groups is 1. The zero-order chi connectivity index (χ0) is 16.2. The molecule has 120 valence electrons. The zero-order valence-electron chi connectivity index (χ0n) is 13.2. The van der Waals surface area contributed by atoms with Gasteiger partial charge in [-0.1, -0.05) is 12.1 Å². The second-order valence-corrected chi connectivity index (χ2v) is 5.92. The van der Waals surface area contributed by atoms with Crippen LogP contribution >= 0.6 is 0 Å². The number of hydrogen-bond acceptors (Lipinski definition) is 2. The fraction of sp³-hybridized carbons (Fsp3) is 0.278. The lowest BCUT2D eigenvalue weighted by Crippen LogP contribution is -3.12. The van der Waals surface area contributed by atoms with Gasteiger partial charge in [-0.15, -0.1) is 0 Å². The van der Waals surface area contributed by atoms with Gasteiger partial charge in [0.2, 0.25) is 0 Å². The van der Waals surface area contributed by atoms with Crippen molar-refractivity contribution in [1.82, 2.24) is 0 Å². The molecule has 0 radical (unpaired) electrons. The minimum absolute atomic E-state index is 0.225. The fourth-order valence-corrected chi connectivity index (χ4v) is 2.78. The number of nitrogens with one attached hydrogen (secondary N) is 2. The van der Waals surface area contributed by atoms with Crippen molar-refractivity contribution < 1.29 is 14.1 Å². The van der Waals surface area contributed by atoms with Crippen LogP contribution in [0.25, 0.3) is 0 Å². The molecule has 1 heterocycles. The summed E-state index contributed by atoms with van der Waals surface area (Å²) in [5.41, 5.74) is 2.28. The molecule has 2 N–H and O–H groups in total. The summed E-state index contributed by atoms with van der Waals surface area (Å²) in [6.07, 6.45) is 0. The molecule has 0 unspecified atom stereocenters. The third-order valence-corrected chi connectivity index (χ3v) is 4.22. The molecule has 0 aliphatic carbocycles. The number of rotatable bonds is 3. The van der Waals surface area contributed by atoms with Crippen LogP contribution in [0.3, 0.4) is 0 Å². The van der Waals surface area contributed by atoms with Crippen molar-refractivity contribution in [2.45, 2.75) is 0 Å². The van der Waals surface area contributed by atoms with E-state index in [-0.39, 0.29) is 11.7 Å². The largest absolute Gasteiger partial charge is 0.359 e. The molecule has 0 atom stereocenters. The summed E-state index contributed by atoms with van der Waals surface area (Å²) in [5, 5.41) is 2.94. The van der Waals surface area contributed by atoms with Gasteiger partial charge in [-0.05, 0) is 36.4 Å². The van der Waals surface area contributed by atoms with Crippen molar-refractivity contribution >= 4 is 17.3 Å². The maximum absolute atomic E-state index is 13.0. The Labute approximate surface area is 135 Å². The minimum atomic E-state index is -0.345. The highest BCUT2D eigenvalue weighted by atomic mass is 19.1. The molecule has 2 aromatic carbocycles. The van der Waals surface area contributed by atoms with Crippen LogP contribution in [0, 0.1) is 5.82 Å². The Balaban J connectivity index is 1.77. The van der Waals surface area contributed by atoms with Crippen LogP contribution in [-0.4, -0.2) is 39.1 Å². The smallest absolute Gasteiger partial charge is 0.255 e. The minimum Gasteiger partial charge on any atom is -0.359 e. The van der Waals surface area contributed by atoms with Crippen molar-refractivity contribution in [3.63, 3.8) is 0 Å². The first-order valence-corrected chi connectivity index (χ1v) is 7.85. The van der Waals surface area contributed by atoms with Gasteiger partial charge >= 0.3 is 0 Å². The van der Waals surface area contributed by atoms with Gasteiger partial charge in [0.15, 0.2) is 0 Å². The molecular weight excluding hydrogens is 293 g/mol. The number of hydrogen-bond donors (Lipinski definition) is 2. The van der Waals surface area contributed by atoms with Crippen molar-refractivity contribution in [2.75, 3.05) is 43.4 Å². The molecule has 0 saturated carbocycles. The Hall–Kier alpha value is -2.40. The third kappa shape index (κ3) is 3.68. The third-order valence-electron chi connectivity index (χ3n) is 4.22.